The van der Waals surface area contributed by atoms with E-state index in [4.69, 9.17) is 0 Å². The summed E-state index contributed by atoms with van der Waals surface area (Å²) in [6.45, 7) is 4.21. The standard InChI is InChI=1S/C17H20FN3O2/c1-11(2)21-9-13(8-19-21)17(23)20-10-15(22)7-16(20)12-4-3-5-14(18)6-12/h3-6,8-9,11,15-16,22H,7,10H2,1-2H3/t15-,16+/m0/s1. The fourth-order valence-electron chi connectivity index (χ4n) is 2.96. The lowest BCUT2D eigenvalue weighted by molar-refractivity contribution is 0.0715. The average Bonchev–Trinajstić information content (AvgIpc) is 3.13. The van der Waals surface area contributed by atoms with Crippen molar-refractivity contribution >= 4 is 5.91 Å². The molecule has 122 valence electrons. The number of likely N-dealkylation sites (tertiary alicyclic amines) is 1. The summed E-state index contributed by atoms with van der Waals surface area (Å²) in [6.07, 6.45) is 3.05. The van der Waals surface area contributed by atoms with Gasteiger partial charge in [-0.25, -0.2) is 4.39 Å². The summed E-state index contributed by atoms with van der Waals surface area (Å²) >= 11 is 0. The Morgan fingerprint density at radius 2 is 2.22 bits per heavy atom. The van der Waals surface area contributed by atoms with Crippen LogP contribution in [0.15, 0.2) is 36.7 Å². The second-order valence-corrected chi connectivity index (χ2v) is 6.22. The van der Waals surface area contributed by atoms with Crippen molar-refractivity contribution in [1.82, 2.24) is 14.7 Å². The molecule has 0 radical (unpaired) electrons. The van der Waals surface area contributed by atoms with Gasteiger partial charge in [-0.05, 0) is 38.0 Å². The molecule has 1 amide bonds. The number of aliphatic hydroxyl groups excluding tert-OH is 1. The van der Waals surface area contributed by atoms with Crippen LogP contribution in [-0.2, 0) is 0 Å². The highest BCUT2D eigenvalue weighted by molar-refractivity contribution is 5.94. The van der Waals surface area contributed by atoms with Crippen molar-refractivity contribution in [3.05, 3.63) is 53.6 Å². The van der Waals surface area contributed by atoms with Crippen molar-refractivity contribution in [3.8, 4) is 0 Å². The van der Waals surface area contributed by atoms with Gasteiger partial charge in [0.25, 0.3) is 5.91 Å². The molecule has 0 bridgehead atoms. The second kappa shape index (κ2) is 6.12. The van der Waals surface area contributed by atoms with E-state index in [9.17, 15) is 14.3 Å². The van der Waals surface area contributed by atoms with E-state index in [0.29, 0.717) is 17.5 Å². The van der Waals surface area contributed by atoms with Crippen molar-refractivity contribution in [2.45, 2.75) is 38.5 Å². The Morgan fingerprint density at radius 3 is 2.87 bits per heavy atom. The average molecular weight is 317 g/mol. The van der Waals surface area contributed by atoms with E-state index in [1.807, 2.05) is 13.8 Å². The zero-order valence-electron chi connectivity index (χ0n) is 13.2. The maximum atomic E-state index is 13.5. The molecule has 1 N–H and O–H groups in total. The molecule has 2 aromatic rings. The smallest absolute Gasteiger partial charge is 0.257 e. The van der Waals surface area contributed by atoms with Crippen LogP contribution in [0.2, 0.25) is 0 Å². The molecule has 3 rings (SSSR count). The molecule has 6 heteroatoms. The minimum absolute atomic E-state index is 0.166. The fourth-order valence-corrected chi connectivity index (χ4v) is 2.96. The number of carbonyl (C=O) groups excluding carboxylic acids is 1. The molecule has 1 aliphatic heterocycles. The highest BCUT2D eigenvalue weighted by atomic mass is 19.1. The summed E-state index contributed by atoms with van der Waals surface area (Å²) in [5.74, 6) is -0.536. The lowest BCUT2D eigenvalue weighted by Crippen LogP contribution is -2.31. The minimum Gasteiger partial charge on any atom is -0.391 e. The number of benzene rings is 1. The van der Waals surface area contributed by atoms with Gasteiger partial charge in [-0.1, -0.05) is 12.1 Å². The van der Waals surface area contributed by atoms with Crippen LogP contribution in [0.25, 0.3) is 0 Å². The van der Waals surface area contributed by atoms with Crippen molar-refractivity contribution < 1.29 is 14.3 Å². The Labute approximate surface area is 134 Å². The van der Waals surface area contributed by atoms with E-state index < -0.39 is 6.10 Å². The highest BCUT2D eigenvalue weighted by Gasteiger charge is 2.36. The van der Waals surface area contributed by atoms with Gasteiger partial charge < -0.3 is 10.0 Å². The van der Waals surface area contributed by atoms with Crippen molar-refractivity contribution in [1.29, 1.82) is 0 Å². The lowest BCUT2D eigenvalue weighted by atomic mass is 10.0. The molecule has 0 unspecified atom stereocenters. The first-order valence-electron chi connectivity index (χ1n) is 7.74. The second-order valence-electron chi connectivity index (χ2n) is 6.22. The van der Waals surface area contributed by atoms with Crippen LogP contribution in [0.4, 0.5) is 4.39 Å². The van der Waals surface area contributed by atoms with Gasteiger partial charge in [-0.15, -0.1) is 0 Å². The molecule has 2 atom stereocenters. The number of rotatable bonds is 3. The van der Waals surface area contributed by atoms with Crippen LogP contribution < -0.4 is 0 Å². The number of nitrogens with zero attached hydrogens (tertiary/aromatic N) is 3. The largest absolute Gasteiger partial charge is 0.391 e. The van der Waals surface area contributed by atoms with Crippen molar-refractivity contribution in [3.63, 3.8) is 0 Å². The molecule has 1 aliphatic rings. The SMILES string of the molecule is CC(C)n1cc(C(=O)N2C[C@@H](O)C[C@@H]2c2cccc(F)c2)cn1. The molecule has 2 heterocycles. The Kier molecular flexibility index (Phi) is 4.17. The number of amides is 1. The predicted molar refractivity (Wildman–Crippen MR) is 83.4 cm³/mol. The van der Waals surface area contributed by atoms with E-state index >= 15 is 0 Å². The third kappa shape index (κ3) is 3.12. The number of hydrogen-bond acceptors (Lipinski definition) is 3. The first-order chi connectivity index (χ1) is 11.0. The molecule has 0 aliphatic carbocycles. The topological polar surface area (TPSA) is 58.4 Å². The lowest BCUT2D eigenvalue weighted by Gasteiger charge is -2.24. The van der Waals surface area contributed by atoms with E-state index in [1.165, 1.54) is 18.3 Å². The van der Waals surface area contributed by atoms with Gasteiger partial charge >= 0.3 is 0 Å². The molecule has 1 saturated heterocycles. The molecular weight excluding hydrogens is 297 g/mol. The highest BCUT2D eigenvalue weighted by Crippen LogP contribution is 2.33. The van der Waals surface area contributed by atoms with Gasteiger partial charge in [0.2, 0.25) is 0 Å². The number of aliphatic hydroxyl groups is 1. The zero-order valence-corrected chi connectivity index (χ0v) is 13.2. The quantitative estimate of drug-likeness (QED) is 0.946. The van der Waals surface area contributed by atoms with Crippen LogP contribution in [0, 0.1) is 5.82 Å². The number of aromatic nitrogens is 2. The number of hydrogen-bond donors (Lipinski definition) is 1. The molecule has 23 heavy (non-hydrogen) atoms. The van der Waals surface area contributed by atoms with Crippen molar-refractivity contribution in [2.75, 3.05) is 6.54 Å². The predicted octanol–water partition coefficient (Wildman–Crippen LogP) is 2.55. The maximum Gasteiger partial charge on any atom is 0.257 e. The summed E-state index contributed by atoms with van der Waals surface area (Å²) in [4.78, 5) is 14.4. The van der Waals surface area contributed by atoms with Crippen LogP contribution in [0.5, 0.6) is 0 Å². The number of carbonyl (C=O) groups is 1. The van der Waals surface area contributed by atoms with E-state index in [1.54, 1.807) is 27.9 Å². The summed E-state index contributed by atoms with van der Waals surface area (Å²) in [5, 5.41) is 14.2. The maximum absolute atomic E-state index is 13.5. The van der Waals surface area contributed by atoms with Gasteiger partial charge in [-0.2, -0.15) is 5.10 Å². The van der Waals surface area contributed by atoms with E-state index in [-0.39, 0.29) is 30.4 Å². The van der Waals surface area contributed by atoms with Crippen molar-refractivity contribution in [2.24, 2.45) is 0 Å². The van der Waals surface area contributed by atoms with Gasteiger partial charge in [0.05, 0.1) is 23.9 Å². The Morgan fingerprint density at radius 1 is 1.43 bits per heavy atom. The molecule has 1 aromatic carbocycles. The van der Waals surface area contributed by atoms with Crippen LogP contribution in [0.1, 0.15) is 48.3 Å². The van der Waals surface area contributed by atoms with E-state index in [0.717, 1.165) is 0 Å². The molecule has 0 spiro atoms. The van der Waals surface area contributed by atoms with Crippen LogP contribution in [0.3, 0.4) is 0 Å². The molecule has 1 aromatic heterocycles. The normalized spacial score (nSPS) is 21.2. The first-order valence-corrected chi connectivity index (χ1v) is 7.74. The summed E-state index contributed by atoms with van der Waals surface area (Å²) < 4.78 is 15.2. The Balaban J connectivity index is 1.88. The number of halogens is 1. The molecule has 1 fully saturated rings. The van der Waals surface area contributed by atoms with Crippen LogP contribution in [-0.4, -0.2) is 38.3 Å². The third-order valence-electron chi connectivity index (χ3n) is 4.15. The minimum atomic E-state index is -0.604. The van der Waals surface area contributed by atoms with Gasteiger partial charge in [0, 0.05) is 18.8 Å². The van der Waals surface area contributed by atoms with Gasteiger partial charge in [-0.3, -0.25) is 9.48 Å². The van der Waals surface area contributed by atoms with E-state index in [2.05, 4.69) is 5.10 Å². The summed E-state index contributed by atoms with van der Waals surface area (Å²) in [7, 11) is 0. The Bertz CT molecular complexity index is 713. The third-order valence-corrected chi connectivity index (χ3v) is 4.15. The number of β-amino-alcohol motifs (C(OH)–C–C–N with tert-alkyl or cyclic N) is 1. The monoisotopic (exact) mass is 317 g/mol. The zero-order chi connectivity index (χ0) is 16.6. The molecular formula is C17H20FN3O2. The summed E-state index contributed by atoms with van der Waals surface area (Å²) in [5.41, 5.74) is 1.18. The Hall–Kier alpha value is -2.21. The van der Waals surface area contributed by atoms with Gasteiger partial charge in [0.1, 0.15) is 5.82 Å². The molecule has 0 saturated carbocycles. The van der Waals surface area contributed by atoms with Crippen LogP contribution >= 0.6 is 0 Å². The fraction of sp³-hybridized carbons (Fsp3) is 0.412. The summed E-state index contributed by atoms with van der Waals surface area (Å²) in [6, 6.07) is 6.03. The first kappa shape index (κ1) is 15.7. The van der Waals surface area contributed by atoms with Gasteiger partial charge in [0.15, 0.2) is 0 Å². The molecule has 5 nitrogen and oxygen atoms in total.